The van der Waals surface area contributed by atoms with Crippen molar-refractivity contribution in [2.24, 2.45) is 0 Å². The van der Waals surface area contributed by atoms with Crippen molar-refractivity contribution in [3.05, 3.63) is 50.9 Å². The van der Waals surface area contributed by atoms with E-state index < -0.39 is 0 Å². The molecule has 5 heteroatoms. The molecule has 0 spiro atoms. The van der Waals surface area contributed by atoms with Crippen LogP contribution in [-0.4, -0.2) is 28.9 Å². The highest BCUT2D eigenvalue weighted by molar-refractivity contribution is 9.10. The van der Waals surface area contributed by atoms with E-state index in [1.54, 1.807) is 23.7 Å². The molecule has 0 N–H and O–H groups in total. The molecule has 1 amide bonds. The number of rotatable bonds is 2. The molecular formula is C14H13BrN2OS. The molecule has 3 rings (SSSR count). The van der Waals surface area contributed by atoms with Crippen LogP contribution in [0.1, 0.15) is 28.3 Å². The molecule has 1 unspecified atom stereocenters. The molecule has 0 aromatic carbocycles. The van der Waals surface area contributed by atoms with Crippen LogP contribution >= 0.6 is 27.3 Å². The molecule has 0 radical (unpaired) electrons. The maximum Gasteiger partial charge on any atom is 0.255 e. The SMILES string of the molecule is O=C(c1cncc(Br)c1)N1CCC(c2ccsc2)C1. The Morgan fingerprint density at radius 2 is 2.37 bits per heavy atom. The van der Waals surface area contributed by atoms with Gasteiger partial charge < -0.3 is 4.90 Å². The number of amides is 1. The number of nitrogens with zero attached hydrogens (tertiary/aromatic N) is 2. The van der Waals surface area contributed by atoms with Crippen molar-refractivity contribution in [2.45, 2.75) is 12.3 Å². The van der Waals surface area contributed by atoms with Crippen LogP contribution in [-0.2, 0) is 0 Å². The van der Waals surface area contributed by atoms with Gasteiger partial charge >= 0.3 is 0 Å². The summed E-state index contributed by atoms with van der Waals surface area (Å²) in [6.07, 6.45) is 4.36. The van der Waals surface area contributed by atoms with E-state index in [2.05, 4.69) is 37.7 Å². The lowest BCUT2D eigenvalue weighted by atomic mass is 10.0. The second-order valence-electron chi connectivity index (χ2n) is 4.69. The third kappa shape index (κ3) is 2.72. The molecule has 98 valence electrons. The second-order valence-corrected chi connectivity index (χ2v) is 6.38. The lowest BCUT2D eigenvalue weighted by Gasteiger charge is -2.16. The highest BCUT2D eigenvalue weighted by Crippen LogP contribution is 2.29. The van der Waals surface area contributed by atoms with Gasteiger partial charge in [0.1, 0.15) is 0 Å². The molecule has 0 saturated carbocycles. The maximum absolute atomic E-state index is 12.4. The van der Waals surface area contributed by atoms with Crippen LogP contribution in [0.5, 0.6) is 0 Å². The first-order valence-electron chi connectivity index (χ1n) is 6.16. The number of carbonyl (C=O) groups is 1. The van der Waals surface area contributed by atoms with Gasteiger partial charge in [0, 0.05) is 35.9 Å². The summed E-state index contributed by atoms with van der Waals surface area (Å²) in [5, 5.41) is 4.28. The largest absolute Gasteiger partial charge is 0.338 e. The summed E-state index contributed by atoms with van der Waals surface area (Å²) in [6.45, 7) is 1.63. The lowest BCUT2D eigenvalue weighted by Crippen LogP contribution is -2.28. The Balaban J connectivity index is 1.73. The summed E-state index contributed by atoms with van der Waals surface area (Å²) in [5.41, 5.74) is 2.01. The van der Waals surface area contributed by atoms with Crippen LogP contribution in [0.4, 0.5) is 0 Å². The molecule has 19 heavy (non-hydrogen) atoms. The minimum absolute atomic E-state index is 0.0755. The van der Waals surface area contributed by atoms with Crippen LogP contribution in [0.25, 0.3) is 0 Å². The lowest BCUT2D eigenvalue weighted by molar-refractivity contribution is 0.0790. The molecule has 1 saturated heterocycles. The van der Waals surface area contributed by atoms with Gasteiger partial charge in [-0.15, -0.1) is 0 Å². The summed E-state index contributed by atoms with van der Waals surface area (Å²) >= 11 is 5.07. The fraction of sp³-hybridized carbons (Fsp3) is 0.286. The van der Waals surface area contributed by atoms with Crippen molar-refractivity contribution in [3.63, 3.8) is 0 Å². The van der Waals surface area contributed by atoms with E-state index in [0.29, 0.717) is 11.5 Å². The van der Waals surface area contributed by atoms with Gasteiger partial charge in [-0.2, -0.15) is 11.3 Å². The maximum atomic E-state index is 12.4. The quantitative estimate of drug-likeness (QED) is 0.840. The van der Waals surface area contributed by atoms with Gasteiger partial charge in [0.05, 0.1) is 5.56 Å². The smallest absolute Gasteiger partial charge is 0.255 e. The number of hydrogen-bond donors (Lipinski definition) is 0. The van der Waals surface area contributed by atoms with Crippen molar-refractivity contribution < 1.29 is 4.79 Å². The first-order valence-corrected chi connectivity index (χ1v) is 7.89. The normalized spacial score (nSPS) is 18.8. The minimum Gasteiger partial charge on any atom is -0.338 e. The fourth-order valence-corrected chi connectivity index (χ4v) is 3.54. The van der Waals surface area contributed by atoms with Crippen molar-refractivity contribution in [3.8, 4) is 0 Å². The first-order chi connectivity index (χ1) is 9.24. The van der Waals surface area contributed by atoms with Crippen molar-refractivity contribution in [2.75, 3.05) is 13.1 Å². The van der Waals surface area contributed by atoms with Crippen LogP contribution in [0.15, 0.2) is 39.8 Å². The molecule has 1 aliphatic heterocycles. The third-order valence-corrected chi connectivity index (χ3v) is 4.58. The van der Waals surface area contributed by atoms with E-state index >= 15 is 0 Å². The standard InChI is InChI=1S/C14H13BrN2OS/c15-13-5-12(6-16-7-13)14(18)17-3-1-10(8-17)11-2-4-19-9-11/h2,4-7,9-10H,1,3,8H2. The molecule has 0 aliphatic carbocycles. The zero-order chi connectivity index (χ0) is 13.2. The van der Waals surface area contributed by atoms with Gasteiger partial charge in [-0.1, -0.05) is 0 Å². The van der Waals surface area contributed by atoms with E-state index in [1.165, 1.54) is 5.56 Å². The molecule has 3 heterocycles. The zero-order valence-electron chi connectivity index (χ0n) is 10.3. The Bertz CT molecular complexity index is 585. The Labute approximate surface area is 124 Å². The molecule has 2 aromatic heterocycles. The average molecular weight is 337 g/mol. The number of aromatic nitrogens is 1. The van der Waals surface area contributed by atoms with Gasteiger partial charge in [-0.05, 0) is 50.8 Å². The number of likely N-dealkylation sites (tertiary alicyclic amines) is 1. The van der Waals surface area contributed by atoms with Crippen LogP contribution in [0.3, 0.4) is 0 Å². The van der Waals surface area contributed by atoms with Crippen molar-refractivity contribution in [1.29, 1.82) is 0 Å². The molecule has 1 atom stereocenters. The summed E-state index contributed by atoms with van der Waals surface area (Å²) in [7, 11) is 0. The summed E-state index contributed by atoms with van der Waals surface area (Å²) in [4.78, 5) is 18.4. The van der Waals surface area contributed by atoms with Gasteiger partial charge in [0.25, 0.3) is 5.91 Å². The fourth-order valence-electron chi connectivity index (χ4n) is 2.44. The molecule has 0 bridgehead atoms. The topological polar surface area (TPSA) is 33.2 Å². The minimum atomic E-state index is 0.0755. The number of hydrogen-bond acceptors (Lipinski definition) is 3. The monoisotopic (exact) mass is 336 g/mol. The van der Waals surface area contributed by atoms with Crippen molar-refractivity contribution in [1.82, 2.24) is 9.88 Å². The molecule has 1 fully saturated rings. The van der Waals surface area contributed by atoms with Gasteiger partial charge in [-0.25, -0.2) is 0 Å². The zero-order valence-corrected chi connectivity index (χ0v) is 12.7. The Morgan fingerprint density at radius 1 is 1.47 bits per heavy atom. The van der Waals surface area contributed by atoms with E-state index in [1.807, 2.05) is 11.0 Å². The van der Waals surface area contributed by atoms with Crippen LogP contribution < -0.4 is 0 Å². The third-order valence-electron chi connectivity index (χ3n) is 3.44. The predicted octanol–water partition coefficient (Wildman–Crippen LogP) is 3.54. The van der Waals surface area contributed by atoms with Gasteiger partial charge in [-0.3, -0.25) is 9.78 Å². The number of halogens is 1. The van der Waals surface area contributed by atoms with E-state index in [-0.39, 0.29) is 5.91 Å². The van der Waals surface area contributed by atoms with Crippen LogP contribution in [0, 0.1) is 0 Å². The summed E-state index contributed by atoms with van der Waals surface area (Å²) in [5.74, 6) is 0.557. The second kappa shape index (κ2) is 5.43. The number of carbonyl (C=O) groups excluding carboxylic acids is 1. The molecule has 3 nitrogen and oxygen atoms in total. The van der Waals surface area contributed by atoms with E-state index in [9.17, 15) is 4.79 Å². The predicted molar refractivity (Wildman–Crippen MR) is 79.5 cm³/mol. The average Bonchev–Trinajstić information content (AvgIpc) is 3.08. The Kier molecular flexibility index (Phi) is 3.66. The Morgan fingerprint density at radius 3 is 3.11 bits per heavy atom. The summed E-state index contributed by atoms with van der Waals surface area (Å²) in [6, 6.07) is 3.98. The molecular weight excluding hydrogens is 324 g/mol. The molecule has 2 aromatic rings. The highest BCUT2D eigenvalue weighted by Gasteiger charge is 2.28. The van der Waals surface area contributed by atoms with Gasteiger partial charge in [0.2, 0.25) is 0 Å². The summed E-state index contributed by atoms with van der Waals surface area (Å²) < 4.78 is 0.840. The highest BCUT2D eigenvalue weighted by atomic mass is 79.9. The van der Waals surface area contributed by atoms with Gasteiger partial charge in [0.15, 0.2) is 0 Å². The van der Waals surface area contributed by atoms with Crippen molar-refractivity contribution >= 4 is 33.2 Å². The molecule has 1 aliphatic rings. The van der Waals surface area contributed by atoms with E-state index in [0.717, 1.165) is 24.0 Å². The first kappa shape index (κ1) is 12.8. The van der Waals surface area contributed by atoms with Crippen LogP contribution in [0.2, 0.25) is 0 Å². The van der Waals surface area contributed by atoms with E-state index in [4.69, 9.17) is 0 Å². The number of pyridine rings is 1. The number of thiophene rings is 1. The Hall–Kier alpha value is -1.20.